The first-order valence-electron chi connectivity index (χ1n) is 3.86. The highest BCUT2D eigenvalue weighted by molar-refractivity contribution is 14.1. The van der Waals surface area contributed by atoms with Crippen LogP contribution in [-0.4, -0.2) is 17.1 Å². The van der Waals surface area contributed by atoms with E-state index in [1.165, 1.54) is 0 Å². The molecule has 0 amide bonds. The van der Waals surface area contributed by atoms with Gasteiger partial charge in [-0.25, -0.2) is 4.98 Å². The summed E-state index contributed by atoms with van der Waals surface area (Å²) in [5.74, 6) is 0.792. The number of aromatic nitrogens is 2. The summed E-state index contributed by atoms with van der Waals surface area (Å²) in [4.78, 5) is 8.16. The summed E-state index contributed by atoms with van der Waals surface area (Å²) in [6, 6.07) is 1.84. The summed E-state index contributed by atoms with van der Waals surface area (Å²) >= 11 is 8.08. The molecule has 5 heteroatoms. The third-order valence-corrected chi connectivity index (χ3v) is 2.90. The highest BCUT2D eigenvalue weighted by atomic mass is 127. The Bertz CT molecular complexity index is 489. The van der Waals surface area contributed by atoms with Gasteiger partial charge < -0.3 is 4.74 Å². The van der Waals surface area contributed by atoms with Gasteiger partial charge >= 0.3 is 0 Å². The van der Waals surface area contributed by atoms with Crippen molar-refractivity contribution in [1.29, 1.82) is 0 Å². The number of methoxy groups -OCH3 is 1. The molecule has 14 heavy (non-hydrogen) atoms. The van der Waals surface area contributed by atoms with Crippen LogP contribution in [0.5, 0.6) is 5.75 Å². The average molecular weight is 321 g/mol. The zero-order valence-corrected chi connectivity index (χ0v) is 10.2. The molecule has 3 nitrogen and oxygen atoms in total. The molecule has 2 aromatic heterocycles. The van der Waals surface area contributed by atoms with E-state index in [0.29, 0.717) is 10.7 Å². The van der Waals surface area contributed by atoms with Crippen LogP contribution >= 0.6 is 34.2 Å². The normalized spacial score (nSPS) is 10.5. The number of rotatable bonds is 1. The Hall–Kier alpha value is -0.620. The van der Waals surface area contributed by atoms with Gasteiger partial charge in [0.2, 0.25) is 0 Å². The fourth-order valence-corrected chi connectivity index (χ4v) is 2.11. The van der Waals surface area contributed by atoms with Crippen LogP contribution < -0.4 is 4.74 Å². The lowest BCUT2D eigenvalue weighted by molar-refractivity contribution is 0.416. The average Bonchev–Trinajstić information content (AvgIpc) is 2.18. The van der Waals surface area contributed by atoms with Gasteiger partial charge in [0.1, 0.15) is 11.3 Å². The van der Waals surface area contributed by atoms with Gasteiger partial charge in [-0.1, -0.05) is 11.6 Å². The Morgan fingerprint density at radius 3 is 2.93 bits per heavy atom. The van der Waals surface area contributed by atoms with Gasteiger partial charge in [-0.05, 0) is 28.7 Å². The van der Waals surface area contributed by atoms with Crippen molar-refractivity contribution in [2.24, 2.45) is 0 Å². The molecule has 0 radical (unpaired) electrons. The van der Waals surface area contributed by atoms with Crippen LogP contribution in [0.1, 0.15) is 0 Å². The highest BCUT2D eigenvalue weighted by Gasteiger charge is 2.09. The molecule has 0 aliphatic rings. The maximum atomic E-state index is 5.91. The third kappa shape index (κ3) is 1.52. The second-order valence-electron chi connectivity index (χ2n) is 2.64. The smallest absolute Gasteiger partial charge is 0.155 e. The monoisotopic (exact) mass is 320 g/mol. The van der Waals surface area contributed by atoms with Crippen molar-refractivity contribution in [2.75, 3.05) is 7.11 Å². The number of nitrogens with zero attached hydrogens (tertiary/aromatic N) is 2. The van der Waals surface area contributed by atoms with Crippen molar-refractivity contribution in [3.63, 3.8) is 0 Å². The van der Waals surface area contributed by atoms with E-state index in [0.717, 1.165) is 14.7 Å². The van der Waals surface area contributed by atoms with Gasteiger partial charge in [-0.15, -0.1) is 0 Å². The van der Waals surface area contributed by atoms with Crippen molar-refractivity contribution in [3.8, 4) is 5.75 Å². The SMILES string of the molecule is COc1c(I)cnc2c(Cl)nccc12. The molecule has 0 fully saturated rings. The summed E-state index contributed by atoms with van der Waals surface area (Å²) in [6.07, 6.45) is 3.36. The van der Waals surface area contributed by atoms with Gasteiger partial charge in [0, 0.05) is 17.8 Å². The molecule has 72 valence electrons. The molecule has 0 aromatic carbocycles. The number of pyridine rings is 2. The van der Waals surface area contributed by atoms with E-state index in [4.69, 9.17) is 16.3 Å². The Balaban J connectivity index is 2.88. The Morgan fingerprint density at radius 2 is 2.21 bits per heavy atom. The molecule has 0 bridgehead atoms. The van der Waals surface area contributed by atoms with Crippen molar-refractivity contribution < 1.29 is 4.74 Å². The van der Waals surface area contributed by atoms with E-state index in [-0.39, 0.29) is 0 Å². The molecule has 0 atom stereocenters. The summed E-state index contributed by atoms with van der Waals surface area (Å²) < 4.78 is 6.24. The Kier molecular flexibility index (Phi) is 2.73. The lowest BCUT2D eigenvalue weighted by atomic mass is 10.2. The van der Waals surface area contributed by atoms with Gasteiger partial charge in [-0.3, -0.25) is 4.98 Å². The molecule has 0 unspecified atom stereocenters. The second kappa shape index (κ2) is 3.86. The summed E-state index contributed by atoms with van der Waals surface area (Å²) in [7, 11) is 1.63. The van der Waals surface area contributed by atoms with E-state index < -0.39 is 0 Å². The molecule has 0 aliphatic carbocycles. The lowest BCUT2D eigenvalue weighted by Crippen LogP contribution is -1.92. The van der Waals surface area contributed by atoms with Crippen LogP contribution in [0.3, 0.4) is 0 Å². The molecule has 2 rings (SSSR count). The van der Waals surface area contributed by atoms with E-state index in [1.807, 2.05) is 6.07 Å². The first-order chi connectivity index (χ1) is 6.74. The number of fused-ring (bicyclic) bond motifs is 1. The molecule has 0 aliphatic heterocycles. The number of halogens is 2. The fourth-order valence-electron chi connectivity index (χ4n) is 1.25. The molecule has 0 spiro atoms. The van der Waals surface area contributed by atoms with Crippen molar-refractivity contribution in [1.82, 2.24) is 9.97 Å². The van der Waals surface area contributed by atoms with Crippen LogP contribution in [0, 0.1) is 3.57 Å². The second-order valence-corrected chi connectivity index (χ2v) is 4.16. The molecule has 2 heterocycles. The van der Waals surface area contributed by atoms with E-state index in [2.05, 4.69) is 32.6 Å². The number of hydrogen-bond donors (Lipinski definition) is 0. The zero-order valence-electron chi connectivity index (χ0n) is 7.29. The maximum Gasteiger partial charge on any atom is 0.155 e. The first kappa shape index (κ1) is 9.92. The summed E-state index contributed by atoms with van der Waals surface area (Å²) in [6.45, 7) is 0. The van der Waals surface area contributed by atoms with Gasteiger partial charge in [0.15, 0.2) is 5.15 Å². The van der Waals surface area contributed by atoms with Crippen LogP contribution in [0.15, 0.2) is 18.5 Å². The van der Waals surface area contributed by atoms with Crippen molar-refractivity contribution in [3.05, 3.63) is 27.2 Å². The minimum absolute atomic E-state index is 0.400. The van der Waals surface area contributed by atoms with Crippen LogP contribution in [0.2, 0.25) is 5.15 Å². The molecular formula is C9H6ClIN2O. The minimum Gasteiger partial charge on any atom is -0.495 e. The standard InChI is InChI=1S/C9H6ClIN2O/c1-14-8-5-2-3-12-9(10)7(5)13-4-6(8)11/h2-4H,1H3. The Labute approximate surface area is 99.6 Å². The fraction of sp³-hybridized carbons (Fsp3) is 0.111. The molecule has 0 N–H and O–H groups in total. The molecule has 2 aromatic rings. The van der Waals surface area contributed by atoms with Crippen LogP contribution in [0.25, 0.3) is 10.9 Å². The number of hydrogen-bond acceptors (Lipinski definition) is 3. The predicted octanol–water partition coefficient (Wildman–Crippen LogP) is 2.90. The van der Waals surface area contributed by atoms with E-state index in [9.17, 15) is 0 Å². The molecule has 0 saturated heterocycles. The highest BCUT2D eigenvalue weighted by Crippen LogP contribution is 2.31. The molecule has 0 saturated carbocycles. The summed E-state index contributed by atoms with van der Waals surface area (Å²) in [5.41, 5.74) is 0.673. The summed E-state index contributed by atoms with van der Waals surface area (Å²) in [5, 5.41) is 1.29. The topological polar surface area (TPSA) is 35.0 Å². The number of ether oxygens (including phenoxy) is 1. The first-order valence-corrected chi connectivity index (χ1v) is 5.32. The third-order valence-electron chi connectivity index (χ3n) is 1.85. The quantitative estimate of drug-likeness (QED) is 0.598. The van der Waals surface area contributed by atoms with E-state index in [1.54, 1.807) is 19.5 Å². The van der Waals surface area contributed by atoms with Crippen LogP contribution in [-0.2, 0) is 0 Å². The van der Waals surface area contributed by atoms with Gasteiger partial charge in [0.05, 0.1) is 10.7 Å². The van der Waals surface area contributed by atoms with Crippen LogP contribution in [0.4, 0.5) is 0 Å². The largest absolute Gasteiger partial charge is 0.495 e. The molecular weight excluding hydrogens is 314 g/mol. The zero-order chi connectivity index (χ0) is 10.1. The Morgan fingerprint density at radius 1 is 1.43 bits per heavy atom. The van der Waals surface area contributed by atoms with Gasteiger partial charge in [-0.2, -0.15) is 0 Å². The predicted molar refractivity (Wildman–Crippen MR) is 63.8 cm³/mol. The lowest BCUT2D eigenvalue weighted by Gasteiger charge is -2.06. The maximum absolute atomic E-state index is 5.91. The van der Waals surface area contributed by atoms with Crippen molar-refractivity contribution >= 4 is 45.1 Å². The van der Waals surface area contributed by atoms with Gasteiger partial charge in [0.25, 0.3) is 0 Å². The van der Waals surface area contributed by atoms with E-state index >= 15 is 0 Å². The van der Waals surface area contributed by atoms with Crippen molar-refractivity contribution in [2.45, 2.75) is 0 Å². The minimum atomic E-state index is 0.400.